The maximum atomic E-state index is 3.74. The van der Waals surface area contributed by atoms with Crippen LogP contribution >= 0.6 is 0 Å². The third kappa shape index (κ3) is 6.41. The summed E-state index contributed by atoms with van der Waals surface area (Å²) in [5.41, 5.74) is 0. The average Bonchev–Trinajstić information content (AvgIpc) is 2.11. The molecule has 0 amide bonds. The largest absolute Gasteiger partial charge is 0.317 e. The Kier molecular flexibility index (Phi) is 8.57. The fourth-order valence-corrected chi connectivity index (χ4v) is 1.39. The van der Waals surface area contributed by atoms with Gasteiger partial charge < -0.3 is 5.32 Å². The van der Waals surface area contributed by atoms with Gasteiger partial charge in [0.05, 0.1) is 0 Å². The van der Waals surface area contributed by atoms with Crippen LogP contribution in [0.2, 0.25) is 0 Å². The van der Waals surface area contributed by atoms with E-state index in [0.29, 0.717) is 6.04 Å². The topological polar surface area (TPSA) is 12.0 Å². The van der Waals surface area contributed by atoms with Crippen molar-refractivity contribution in [2.24, 2.45) is 0 Å². The highest BCUT2D eigenvalue weighted by molar-refractivity contribution is 4.72. The first kappa shape index (κ1) is 11.7. The number of allylic oxidation sites excluding steroid dienone is 1. The molecule has 72 valence electrons. The van der Waals surface area contributed by atoms with E-state index >= 15 is 0 Å². The first-order valence-electron chi connectivity index (χ1n) is 5.13. The van der Waals surface area contributed by atoms with Crippen LogP contribution in [0.3, 0.4) is 0 Å². The van der Waals surface area contributed by atoms with Crippen molar-refractivity contribution in [1.82, 2.24) is 5.32 Å². The zero-order chi connectivity index (χ0) is 9.23. The lowest BCUT2D eigenvalue weighted by atomic mass is 10.0. The zero-order valence-electron chi connectivity index (χ0n) is 8.60. The number of hydrogen-bond acceptors (Lipinski definition) is 1. The van der Waals surface area contributed by atoms with Crippen molar-refractivity contribution < 1.29 is 0 Å². The Hall–Kier alpha value is -0.300. The van der Waals surface area contributed by atoms with Gasteiger partial charge in [-0.3, -0.25) is 0 Å². The van der Waals surface area contributed by atoms with Gasteiger partial charge in [0.25, 0.3) is 0 Å². The van der Waals surface area contributed by atoms with E-state index in [1.54, 1.807) is 0 Å². The average molecular weight is 169 g/mol. The quantitative estimate of drug-likeness (QED) is 0.435. The van der Waals surface area contributed by atoms with Crippen LogP contribution in [0.5, 0.6) is 0 Å². The first-order valence-corrected chi connectivity index (χ1v) is 5.13. The summed E-state index contributed by atoms with van der Waals surface area (Å²) >= 11 is 0. The molecule has 1 N–H and O–H groups in total. The molecule has 0 aliphatic heterocycles. The van der Waals surface area contributed by atoms with Crippen molar-refractivity contribution in [2.75, 3.05) is 7.05 Å². The molecule has 1 atom stereocenters. The normalized spacial score (nSPS) is 12.8. The molecule has 0 rings (SSSR count). The molecule has 0 fully saturated rings. The van der Waals surface area contributed by atoms with E-state index in [1.165, 1.54) is 32.1 Å². The summed E-state index contributed by atoms with van der Waals surface area (Å²) in [5, 5.41) is 3.35. The Morgan fingerprint density at radius 1 is 1.33 bits per heavy atom. The second-order valence-electron chi connectivity index (χ2n) is 3.35. The van der Waals surface area contributed by atoms with Gasteiger partial charge in [-0.1, -0.05) is 32.3 Å². The van der Waals surface area contributed by atoms with Crippen LogP contribution < -0.4 is 5.32 Å². The number of rotatable bonds is 8. The van der Waals surface area contributed by atoms with Crippen LogP contribution in [0.4, 0.5) is 0 Å². The van der Waals surface area contributed by atoms with Crippen LogP contribution in [0.1, 0.15) is 45.4 Å². The predicted octanol–water partition coefficient (Wildman–Crippen LogP) is 3.12. The SMILES string of the molecule is C=CCCC(CCCCC)NC. The molecular formula is C11H23N. The summed E-state index contributed by atoms with van der Waals surface area (Å²) in [5.74, 6) is 0. The molecule has 0 aliphatic carbocycles. The summed E-state index contributed by atoms with van der Waals surface area (Å²) in [6, 6.07) is 0.703. The molecule has 0 radical (unpaired) electrons. The van der Waals surface area contributed by atoms with Crippen molar-refractivity contribution in [2.45, 2.75) is 51.5 Å². The summed E-state index contributed by atoms with van der Waals surface area (Å²) in [6.45, 7) is 5.98. The van der Waals surface area contributed by atoms with E-state index < -0.39 is 0 Å². The minimum absolute atomic E-state index is 0.703. The van der Waals surface area contributed by atoms with Crippen molar-refractivity contribution in [3.8, 4) is 0 Å². The van der Waals surface area contributed by atoms with Gasteiger partial charge in [-0.25, -0.2) is 0 Å². The Morgan fingerprint density at radius 3 is 2.58 bits per heavy atom. The lowest BCUT2D eigenvalue weighted by Gasteiger charge is -2.14. The van der Waals surface area contributed by atoms with E-state index in [1.807, 2.05) is 6.08 Å². The Balaban J connectivity index is 3.32. The number of unbranched alkanes of at least 4 members (excludes halogenated alkanes) is 2. The molecule has 1 unspecified atom stereocenters. The molecule has 1 heteroatoms. The fraction of sp³-hybridized carbons (Fsp3) is 0.818. The fourth-order valence-electron chi connectivity index (χ4n) is 1.39. The molecule has 0 spiro atoms. The Labute approximate surface area is 77.2 Å². The molecule has 0 heterocycles. The maximum Gasteiger partial charge on any atom is 0.00670 e. The summed E-state index contributed by atoms with van der Waals surface area (Å²) in [6.07, 6.45) is 9.74. The van der Waals surface area contributed by atoms with Gasteiger partial charge >= 0.3 is 0 Å². The number of nitrogens with one attached hydrogen (secondary N) is 1. The monoisotopic (exact) mass is 169 g/mol. The zero-order valence-corrected chi connectivity index (χ0v) is 8.60. The predicted molar refractivity (Wildman–Crippen MR) is 56.4 cm³/mol. The van der Waals surface area contributed by atoms with Crippen molar-refractivity contribution in [1.29, 1.82) is 0 Å². The summed E-state index contributed by atoms with van der Waals surface area (Å²) in [7, 11) is 2.06. The molecular weight excluding hydrogens is 146 g/mol. The first-order chi connectivity index (χ1) is 5.85. The van der Waals surface area contributed by atoms with Gasteiger partial charge in [0.1, 0.15) is 0 Å². The van der Waals surface area contributed by atoms with Gasteiger partial charge in [0.15, 0.2) is 0 Å². The van der Waals surface area contributed by atoms with Crippen LogP contribution in [-0.2, 0) is 0 Å². The van der Waals surface area contributed by atoms with Crippen molar-refractivity contribution in [3.05, 3.63) is 12.7 Å². The van der Waals surface area contributed by atoms with E-state index in [2.05, 4.69) is 25.9 Å². The van der Waals surface area contributed by atoms with Crippen LogP contribution in [0.25, 0.3) is 0 Å². The molecule has 0 aromatic carbocycles. The smallest absolute Gasteiger partial charge is 0.00670 e. The molecule has 0 bridgehead atoms. The summed E-state index contributed by atoms with van der Waals surface area (Å²) in [4.78, 5) is 0. The molecule has 0 saturated heterocycles. The van der Waals surface area contributed by atoms with E-state index in [-0.39, 0.29) is 0 Å². The molecule has 0 saturated carbocycles. The van der Waals surface area contributed by atoms with Gasteiger partial charge in [0, 0.05) is 6.04 Å². The van der Waals surface area contributed by atoms with Crippen molar-refractivity contribution >= 4 is 0 Å². The highest BCUT2D eigenvalue weighted by atomic mass is 14.9. The standard InChI is InChI=1S/C11H23N/c1-4-6-8-10-11(12-3)9-7-5-2/h5,11-12H,2,4,6-10H2,1,3H3. The van der Waals surface area contributed by atoms with E-state index in [9.17, 15) is 0 Å². The highest BCUT2D eigenvalue weighted by Crippen LogP contribution is 2.07. The van der Waals surface area contributed by atoms with Crippen molar-refractivity contribution in [3.63, 3.8) is 0 Å². The Bertz CT molecular complexity index is 99.2. The second kappa shape index (κ2) is 8.79. The number of hydrogen-bond donors (Lipinski definition) is 1. The lowest BCUT2D eigenvalue weighted by Crippen LogP contribution is -2.24. The molecule has 0 aliphatic rings. The van der Waals surface area contributed by atoms with Crippen LogP contribution in [-0.4, -0.2) is 13.1 Å². The third-order valence-electron chi connectivity index (χ3n) is 2.28. The Morgan fingerprint density at radius 2 is 2.08 bits per heavy atom. The van der Waals surface area contributed by atoms with Gasteiger partial charge in [0.2, 0.25) is 0 Å². The third-order valence-corrected chi connectivity index (χ3v) is 2.28. The summed E-state index contributed by atoms with van der Waals surface area (Å²) < 4.78 is 0. The molecule has 0 aromatic rings. The minimum Gasteiger partial charge on any atom is -0.317 e. The minimum atomic E-state index is 0.703. The molecule has 0 aromatic heterocycles. The van der Waals surface area contributed by atoms with Gasteiger partial charge in [-0.15, -0.1) is 6.58 Å². The van der Waals surface area contributed by atoms with Crippen LogP contribution in [0.15, 0.2) is 12.7 Å². The van der Waals surface area contributed by atoms with E-state index in [4.69, 9.17) is 0 Å². The van der Waals surface area contributed by atoms with Crippen LogP contribution in [0, 0.1) is 0 Å². The molecule has 1 nitrogen and oxygen atoms in total. The van der Waals surface area contributed by atoms with Gasteiger partial charge in [-0.2, -0.15) is 0 Å². The van der Waals surface area contributed by atoms with E-state index in [0.717, 1.165) is 6.42 Å². The highest BCUT2D eigenvalue weighted by Gasteiger charge is 2.02. The lowest BCUT2D eigenvalue weighted by molar-refractivity contribution is 0.468. The van der Waals surface area contributed by atoms with Gasteiger partial charge in [-0.05, 0) is 26.3 Å². The maximum absolute atomic E-state index is 3.74. The second-order valence-corrected chi connectivity index (χ2v) is 3.35. The molecule has 12 heavy (non-hydrogen) atoms.